The predicted octanol–water partition coefficient (Wildman–Crippen LogP) is 2.02. The third-order valence-corrected chi connectivity index (χ3v) is 2.88. The van der Waals surface area contributed by atoms with Crippen LogP contribution in [-0.4, -0.2) is 26.1 Å². The summed E-state index contributed by atoms with van der Waals surface area (Å²) in [6, 6.07) is 0. The van der Waals surface area contributed by atoms with E-state index in [1.54, 1.807) is 12.7 Å². The Morgan fingerprint density at radius 2 is 1.94 bits per heavy atom. The van der Waals surface area contributed by atoms with Crippen molar-refractivity contribution in [3.8, 4) is 5.82 Å². The number of imidazole rings is 1. The van der Waals surface area contributed by atoms with E-state index in [9.17, 15) is 0 Å². The molecule has 0 aliphatic carbocycles. The molecule has 2 aromatic heterocycles. The summed E-state index contributed by atoms with van der Waals surface area (Å²) >= 11 is 0. The van der Waals surface area contributed by atoms with Crippen molar-refractivity contribution in [3.05, 3.63) is 29.6 Å². The zero-order valence-electron chi connectivity index (χ0n) is 10.7. The van der Waals surface area contributed by atoms with E-state index in [0.29, 0.717) is 0 Å². The number of aromatic nitrogens is 4. The lowest BCUT2D eigenvalue weighted by molar-refractivity contribution is 0.916. The monoisotopic (exact) mass is 231 g/mol. The second-order valence-corrected chi connectivity index (χ2v) is 3.99. The van der Waals surface area contributed by atoms with Crippen molar-refractivity contribution in [3.63, 3.8) is 0 Å². The van der Waals surface area contributed by atoms with E-state index >= 15 is 0 Å². The molecule has 0 aliphatic rings. The lowest BCUT2D eigenvalue weighted by atomic mass is 10.3. The molecule has 2 aromatic rings. The Morgan fingerprint density at radius 1 is 1.18 bits per heavy atom. The van der Waals surface area contributed by atoms with Crippen LogP contribution in [0.25, 0.3) is 5.82 Å². The Balaban J connectivity index is 2.52. The summed E-state index contributed by atoms with van der Waals surface area (Å²) in [5, 5.41) is 3.23. The highest BCUT2D eigenvalue weighted by Gasteiger charge is 2.11. The SMILES string of the molecule is CCNc1ncnc(-n2cnc(C)c2C)c1C. The minimum atomic E-state index is 0.846. The van der Waals surface area contributed by atoms with Gasteiger partial charge in [0.15, 0.2) is 0 Å². The van der Waals surface area contributed by atoms with Crippen molar-refractivity contribution in [2.24, 2.45) is 0 Å². The molecule has 2 heterocycles. The normalized spacial score (nSPS) is 10.6. The number of nitrogens with one attached hydrogen (secondary N) is 1. The quantitative estimate of drug-likeness (QED) is 0.878. The van der Waals surface area contributed by atoms with Gasteiger partial charge in [0.2, 0.25) is 0 Å². The third kappa shape index (κ3) is 2.00. The summed E-state index contributed by atoms with van der Waals surface area (Å²) < 4.78 is 1.99. The molecule has 5 heteroatoms. The second kappa shape index (κ2) is 4.53. The van der Waals surface area contributed by atoms with Crippen LogP contribution in [0.1, 0.15) is 23.9 Å². The maximum absolute atomic E-state index is 4.34. The standard InChI is InChI=1S/C12H17N5/c1-5-13-11-8(2)12(15-6-14-11)17-7-16-9(3)10(17)4/h6-7H,5H2,1-4H3,(H,13,14,15). The highest BCUT2D eigenvalue weighted by atomic mass is 15.1. The number of nitrogens with zero attached hydrogens (tertiary/aromatic N) is 4. The largest absolute Gasteiger partial charge is 0.370 e. The maximum atomic E-state index is 4.34. The molecule has 0 unspecified atom stereocenters. The molecule has 17 heavy (non-hydrogen) atoms. The number of hydrogen-bond acceptors (Lipinski definition) is 4. The summed E-state index contributed by atoms with van der Waals surface area (Å²) in [5.41, 5.74) is 3.16. The van der Waals surface area contributed by atoms with Crippen LogP contribution in [0, 0.1) is 20.8 Å². The fourth-order valence-corrected chi connectivity index (χ4v) is 1.74. The van der Waals surface area contributed by atoms with E-state index in [0.717, 1.165) is 35.1 Å². The lowest BCUT2D eigenvalue weighted by Crippen LogP contribution is -2.08. The molecule has 0 saturated heterocycles. The second-order valence-electron chi connectivity index (χ2n) is 3.99. The molecule has 0 radical (unpaired) electrons. The Labute approximate surface area is 101 Å². The first-order valence-electron chi connectivity index (χ1n) is 5.71. The van der Waals surface area contributed by atoms with Gasteiger partial charge in [0, 0.05) is 17.8 Å². The molecule has 0 aliphatic heterocycles. The van der Waals surface area contributed by atoms with Gasteiger partial charge in [-0.25, -0.2) is 15.0 Å². The minimum Gasteiger partial charge on any atom is -0.370 e. The van der Waals surface area contributed by atoms with Gasteiger partial charge in [-0.15, -0.1) is 0 Å². The topological polar surface area (TPSA) is 55.6 Å². The smallest absolute Gasteiger partial charge is 0.146 e. The third-order valence-electron chi connectivity index (χ3n) is 2.88. The maximum Gasteiger partial charge on any atom is 0.146 e. The summed E-state index contributed by atoms with van der Waals surface area (Å²) in [7, 11) is 0. The lowest BCUT2D eigenvalue weighted by Gasteiger charge is -2.11. The highest BCUT2D eigenvalue weighted by molar-refractivity contribution is 5.51. The predicted molar refractivity (Wildman–Crippen MR) is 67.5 cm³/mol. The molecule has 0 amide bonds. The van der Waals surface area contributed by atoms with Gasteiger partial charge in [0.05, 0.1) is 5.69 Å². The van der Waals surface area contributed by atoms with E-state index in [-0.39, 0.29) is 0 Å². The van der Waals surface area contributed by atoms with Crippen LogP contribution in [0.3, 0.4) is 0 Å². The molecule has 0 saturated carbocycles. The van der Waals surface area contributed by atoms with Gasteiger partial charge >= 0.3 is 0 Å². The van der Waals surface area contributed by atoms with E-state index < -0.39 is 0 Å². The first-order chi connectivity index (χ1) is 8.15. The molecule has 2 rings (SSSR count). The number of anilines is 1. The number of hydrogen-bond donors (Lipinski definition) is 1. The van der Waals surface area contributed by atoms with Crippen LogP contribution in [-0.2, 0) is 0 Å². The van der Waals surface area contributed by atoms with Gasteiger partial charge < -0.3 is 5.32 Å². The number of rotatable bonds is 3. The molecular weight excluding hydrogens is 214 g/mol. The van der Waals surface area contributed by atoms with E-state index in [4.69, 9.17) is 0 Å². The van der Waals surface area contributed by atoms with Crippen LogP contribution in [0.4, 0.5) is 5.82 Å². The number of aryl methyl sites for hydroxylation is 1. The fourth-order valence-electron chi connectivity index (χ4n) is 1.74. The summed E-state index contributed by atoms with van der Waals surface area (Å²) in [6.45, 7) is 8.94. The van der Waals surface area contributed by atoms with Gasteiger partial charge in [-0.1, -0.05) is 0 Å². The molecule has 1 N–H and O–H groups in total. The van der Waals surface area contributed by atoms with Gasteiger partial charge in [-0.2, -0.15) is 0 Å². The molecular formula is C12H17N5. The van der Waals surface area contributed by atoms with Gasteiger partial charge in [0.25, 0.3) is 0 Å². The molecule has 0 aromatic carbocycles. The molecule has 5 nitrogen and oxygen atoms in total. The van der Waals surface area contributed by atoms with Crippen LogP contribution < -0.4 is 5.32 Å². The Morgan fingerprint density at radius 3 is 2.53 bits per heavy atom. The van der Waals surface area contributed by atoms with E-state index in [2.05, 4.69) is 20.3 Å². The van der Waals surface area contributed by atoms with Crippen LogP contribution in [0.2, 0.25) is 0 Å². The van der Waals surface area contributed by atoms with E-state index in [1.165, 1.54) is 0 Å². The zero-order valence-corrected chi connectivity index (χ0v) is 10.7. The van der Waals surface area contributed by atoms with Crippen molar-refractivity contribution in [1.29, 1.82) is 0 Å². The first-order valence-corrected chi connectivity index (χ1v) is 5.71. The molecule has 0 fully saturated rings. The Bertz CT molecular complexity index is 530. The van der Waals surface area contributed by atoms with Crippen molar-refractivity contribution in [2.75, 3.05) is 11.9 Å². The summed E-state index contributed by atoms with van der Waals surface area (Å²) in [4.78, 5) is 12.9. The van der Waals surface area contributed by atoms with Crippen LogP contribution in [0.5, 0.6) is 0 Å². The fraction of sp³-hybridized carbons (Fsp3) is 0.417. The molecule has 0 atom stereocenters. The first kappa shape index (κ1) is 11.6. The van der Waals surface area contributed by atoms with Crippen molar-refractivity contribution >= 4 is 5.82 Å². The molecule has 90 valence electrons. The van der Waals surface area contributed by atoms with Crippen molar-refractivity contribution < 1.29 is 0 Å². The average Bonchev–Trinajstić information content (AvgIpc) is 2.64. The molecule has 0 bridgehead atoms. The van der Waals surface area contributed by atoms with E-state index in [1.807, 2.05) is 32.3 Å². The van der Waals surface area contributed by atoms with Gasteiger partial charge in [-0.3, -0.25) is 4.57 Å². The highest BCUT2D eigenvalue weighted by Crippen LogP contribution is 2.19. The van der Waals surface area contributed by atoms with Crippen molar-refractivity contribution in [1.82, 2.24) is 19.5 Å². The molecule has 0 spiro atoms. The summed E-state index contributed by atoms with van der Waals surface area (Å²) in [5.74, 6) is 1.76. The van der Waals surface area contributed by atoms with Gasteiger partial charge in [-0.05, 0) is 27.7 Å². The Hall–Kier alpha value is -1.91. The van der Waals surface area contributed by atoms with Crippen molar-refractivity contribution in [2.45, 2.75) is 27.7 Å². The average molecular weight is 231 g/mol. The van der Waals surface area contributed by atoms with Gasteiger partial charge in [0.1, 0.15) is 24.3 Å². The minimum absolute atomic E-state index is 0.846. The Kier molecular flexibility index (Phi) is 3.08. The van der Waals surface area contributed by atoms with Crippen LogP contribution >= 0.6 is 0 Å². The zero-order chi connectivity index (χ0) is 12.4. The summed E-state index contributed by atoms with van der Waals surface area (Å²) in [6.07, 6.45) is 3.38. The van der Waals surface area contributed by atoms with Crippen LogP contribution in [0.15, 0.2) is 12.7 Å².